The first-order chi connectivity index (χ1) is 18.0. The van der Waals surface area contributed by atoms with E-state index < -0.39 is 5.91 Å². The van der Waals surface area contributed by atoms with Gasteiger partial charge in [0.15, 0.2) is 17.3 Å². The van der Waals surface area contributed by atoms with Gasteiger partial charge in [-0.2, -0.15) is 0 Å². The summed E-state index contributed by atoms with van der Waals surface area (Å²) in [5.41, 5.74) is 7.72. The molecule has 206 valence electrons. The fourth-order valence-corrected chi connectivity index (χ4v) is 3.41. The molecule has 2 heterocycles. The smallest absolute Gasteiger partial charge is 0.271 e. The molecular weight excluding hydrogens is 486 g/mol. The largest absolute Gasteiger partial charge is 0.364 e. The Balaban J connectivity index is 2.02. The van der Waals surface area contributed by atoms with E-state index in [1.165, 1.54) is 11.0 Å². The fraction of sp³-hybridized carbons (Fsp3) is 0.462. The molecule has 0 spiro atoms. The molecule has 0 aliphatic rings. The molecule has 0 bridgehead atoms. The van der Waals surface area contributed by atoms with Gasteiger partial charge in [-0.3, -0.25) is 19.4 Å². The highest BCUT2D eigenvalue weighted by molar-refractivity contribution is 5.96. The van der Waals surface area contributed by atoms with Crippen LogP contribution in [0.15, 0.2) is 30.5 Å². The summed E-state index contributed by atoms with van der Waals surface area (Å²) in [6.45, 7) is 5.61. The van der Waals surface area contributed by atoms with Crippen LogP contribution in [0.1, 0.15) is 35.7 Å². The molecule has 3 amide bonds. The van der Waals surface area contributed by atoms with Gasteiger partial charge < -0.3 is 31.1 Å². The number of nitrogens with one attached hydrogen (secondary N) is 2. The molecule has 2 rings (SSSR count). The van der Waals surface area contributed by atoms with Gasteiger partial charge in [0.1, 0.15) is 0 Å². The van der Waals surface area contributed by atoms with Gasteiger partial charge in [0, 0.05) is 63.8 Å². The number of carbonyl (C=O) groups is 3. The quantitative estimate of drug-likeness (QED) is 0.307. The maximum Gasteiger partial charge on any atom is 0.271 e. The average molecular weight is 526 g/mol. The predicted octanol–water partition coefficient (Wildman–Crippen LogP) is 0.968. The van der Waals surface area contributed by atoms with Crippen LogP contribution in [-0.4, -0.2) is 96.8 Å². The molecule has 0 aromatic carbocycles. The van der Waals surface area contributed by atoms with Crippen LogP contribution < -0.4 is 21.3 Å². The second kappa shape index (κ2) is 14.6. The van der Waals surface area contributed by atoms with Crippen LogP contribution in [0.25, 0.3) is 0 Å². The molecule has 0 unspecified atom stereocenters. The van der Waals surface area contributed by atoms with E-state index in [4.69, 9.17) is 5.73 Å². The summed E-state index contributed by atoms with van der Waals surface area (Å²) in [6, 6.07) is 3.55. The predicted molar refractivity (Wildman–Crippen MR) is 148 cm³/mol. The number of pyridine rings is 1. The molecule has 0 radical (unpaired) electrons. The minimum Gasteiger partial charge on any atom is -0.364 e. The number of carbonyl (C=O) groups excluding carboxylic acids is 3. The van der Waals surface area contributed by atoms with E-state index in [0.717, 1.165) is 12.2 Å². The highest BCUT2D eigenvalue weighted by Crippen LogP contribution is 2.24. The van der Waals surface area contributed by atoms with Gasteiger partial charge in [0.05, 0.1) is 12.2 Å². The number of nitrogens with zero attached hydrogens (tertiary/aromatic N) is 6. The SMILES string of the molecule is CCc1nc(C(N)=O)c(Nc2ccnc(CCNC(=O)CN(C)C(=O)/C=C/CN(C)C)c2)nc1N(C)CC. The van der Waals surface area contributed by atoms with Crippen molar-refractivity contribution in [3.63, 3.8) is 0 Å². The molecule has 12 heteroatoms. The number of hydrogen-bond donors (Lipinski definition) is 3. The van der Waals surface area contributed by atoms with Gasteiger partial charge in [-0.1, -0.05) is 13.0 Å². The molecule has 0 saturated carbocycles. The minimum atomic E-state index is -0.672. The molecule has 0 atom stereocenters. The van der Waals surface area contributed by atoms with Crippen LogP contribution in [-0.2, 0) is 22.4 Å². The van der Waals surface area contributed by atoms with Gasteiger partial charge in [-0.25, -0.2) is 9.97 Å². The van der Waals surface area contributed by atoms with Crippen molar-refractivity contribution in [1.82, 2.24) is 30.1 Å². The number of aromatic nitrogens is 3. The molecule has 0 fully saturated rings. The van der Waals surface area contributed by atoms with E-state index in [-0.39, 0.29) is 29.9 Å². The summed E-state index contributed by atoms with van der Waals surface area (Å²) in [4.78, 5) is 55.2. The molecule has 38 heavy (non-hydrogen) atoms. The molecule has 2 aromatic heterocycles. The molecular formula is C26H39N9O3. The number of primary amides is 1. The molecule has 0 saturated heterocycles. The van der Waals surface area contributed by atoms with E-state index in [9.17, 15) is 14.4 Å². The Hall–Kier alpha value is -4.06. The van der Waals surface area contributed by atoms with Crippen molar-refractivity contribution in [2.24, 2.45) is 5.73 Å². The molecule has 4 N–H and O–H groups in total. The first-order valence-electron chi connectivity index (χ1n) is 12.5. The van der Waals surface area contributed by atoms with Crippen LogP contribution in [0.4, 0.5) is 17.3 Å². The highest BCUT2D eigenvalue weighted by atomic mass is 16.2. The Bertz CT molecular complexity index is 1150. The van der Waals surface area contributed by atoms with E-state index in [1.54, 1.807) is 31.5 Å². The topological polar surface area (TPSA) is 150 Å². The summed E-state index contributed by atoms with van der Waals surface area (Å²) in [5.74, 6) is -0.227. The molecule has 0 aliphatic heterocycles. The van der Waals surface area contributed by atoms with E-state index in [1.807, 2.05) is 44.8 Å². The first kappa shape index (κ1) is 30.2. The Morgan fingerprint density at radius 1 is 1.11 bits per heavy atom. The lowest BCUT2D eigenvalue weighted by Gasteiger charge is -2.21. The number of rotatable bonds is 14. The van der Waals surface area contributed by atoms with E-state index in [0.29, 0.717) is 43.1 Å². The van der Waals surface area contributed by atoms with Crippen molar-refractivity contribution in [2.75, 3.05) is 64.6 Å². The molecule has 0 aliphatic carbocycles. The first-order valence-corrected chi connectivity index (χ1v) is 12.5. The number of nitrogens with two attached hydrogens (primary N) is 1. The van der Waals surface area contributed by atoms with Crippen LogP contribution in [0.5, 0.6) is 0 Å². The van der Waals surface area contributed by atoms with Crippen LogP contribution in [0, 0.1) is 0 Å². The minimum absolute atomic E-state index is 0.0446. The third-order valence-electron chi connectivity index (χ3n) is 5.62. The second-order valence-corrected chi connectivity index (χ2v) is 9.04. The van der Waals surface area contributed by atoms with Gasteiger partial charge in [0.25, 0.3) is 5.91 Å². The highest BCUT2D eigenvalue weighted by Gasteiger charge is 2.19. The Kier molecular flexibility index (Phi) is 11.6. The van der Waals surface area contributed by atoms with E-state index >= 15 is 0 Å². The Morgan fingerprint density at radius 2 is 1.84 bits per heavy atom. The van der Waals surface area contributed by atoms with Gasteiger partial charge in [0.2, 0.25) is 11.8 Å². The van der Waals surface area contributed by atoms with Crippen molar-refractivity contribution in [3.05, 3.63) is 47.6 Å². The van der Waals surface area contributed by atoms with Crippen LogP contribution in [0.3, 0.4) is 0 Å². The van der Waals surface area contributed by atoms with Gasteiger partial charge in [-0.15, -0.1) is 0 Å². The maximum atomic E-state index is 12.3. The number of hydrogen-bond acceptors (Lipinski definition) is 9. The maximum absolute atomic E-state index is 12.3. The standard InChI is InChI=1S/C26H39N9O3/c1-7-20-26(34(5)8-2)32-25(23(31-20)24(27)38)30-19-12-13-28-18(16-19)11-14-29-21(36)17-35(6)22(37)10-9-15-33(3)4/h9-10,12-13,16H,7-8,11,14-15,17H2,1-6H3,(H2,27,38)(H,29,36)(H,28,30,32)/b10-9+. The average Bonchev–Trinajstić information content (AvgIpc) is 2.87. The zero-order valence-corrected chi connectivity index (χ0v) is 23.1. The summed E-state index contributed by atoms with van der Waals surface area (Å²) in [6.07, 6.45) is 5.91. The normalized spacial score (nSPS) is 11.0. The van der Waals surface area contributed by atoms with Crippen molar-refractivity contribution in [1.29, 1.82) is 0 Å². The Labute approximate surface area is 224 Å². The summed E-state index contributed by atoms with van der Waals surface area (Å²) < 4.78 is 0. The number of anilines is 3. The summed E-state index contributed by atoms with van der Waals surface area (Å²) in [7, 11) is 7.30. The number of likely N-dealkylation sites (N-methyl/N-ethyl adjacent to an activating group) is 2. The van der Waals surface area contributed by atoms with Crippen molar-refractivity contribution in [3.8, 4) is 0 Å². The van der Waals surface area contributed by atoms with Crippen molar-refractivity contribution in [2.45, 2.75) is 26.7 Å². The third-order valence-corrected chi connectivity index (χ3v) is 5.62. The van der Waals surface area contributed by atoms with E-state index in [2.05, 4.69) is 25.6 Å². The van der Waals surface area contributed by atoms with Crippen molar-refractivity contribution >= 4 is 35.0 Å². The molecule has 2 aromatic rings. The number of aryl methyl sites for hydroxylation is 1. The molecule has 12 nitrogen and oxygen atoms in total. The third kappa shape index (κ3) is 9.11. The zero-order valence-electron chi connectivity index (χ0n) is 23.1. The number of amides is 3. The lowest BCUT2D eigenvalue weighted by molar-refractivity contribution is -0.131. The summed E-state index contributed by atoms with van der Waals surface area (Å²) in [5, 5.41) is 5.95. The van der Waals surface area contributed by atoms with Crippen LogP contribution >= 0.6 is 0 Å². The van der Waals surface area contributed by atoms with Crippen molar-refractivity contribution < 1.29 is 14.4 Å². The van der Waals surface area contributed by atoms with Gasteiger partial charge >= 0.3 is 0 Å². The monoisotopic (exact) mass is 525 g/mol. The van der Waals surface area contributed by atoms with Gasteiger partial charge in [-0.05, 0) is 39.6 Å². The van der Waals surface area contributed by atoms with Crippen LogP contribution in [0.2, 0.25) is 0 Å². The summed E-state index contributed by atoms with van der Waals surface area (Å²) >= 11 is 0. The Morgan fingerprint density at radius 3 is 2.47 bits per heavy atom. The fourth-order valence-electron chi connectivity index (χ4n) is 3.41. The lowest BCUT2D eigenvalue weighted by Crippen LogP contribution is -2.38. The zero-order chi connectivity index (χ0) is 28.2. The lowest BCUT2D eigenvalue weighted by atomic mass is 10.2. The second-order valence-electron chi connectivity index (χ2n) is 9.04.